The van der Waals surface area contributed by atoms with E-state index in [-0.39, 0.29) is 0 Å². The summed E-state index contributed by atoms with van der Waals surface area (Å²) in [5, 5.41) is 0. The summed E-state index contributed by atoms with van der Waals surface area (Å²) in [4.78, 5) is 2.29. The predicted molar refractivity (Wildman–Crippen MR) is 64.7 cm³/mol. The highest BCUT2D eigenvalue weighted by atomic mass is 32.1. The van der Waals surface area contributed by atoms with Gasteiger partial charge in [0.05, 0.1) is 0 Å². The minimum atomic E-state index is 0.454. The molecule has 1 nitrogen and oxygen atoms in total. The molecule has 0 atom stereocenters. The highest BCUT2D eigenvalue weighted by Crippen LogP contribution is 2.31. The lowest BCUT2D eigenvalue weighted by molar-refractivity contribution is 0.191. The molecular weight excluding hydrogens is 178 g/mol. The van der Waals surface area contributed by atoms with E-state index in [0.29, 0.717) is 5.41 Å². The summed E-state index contributed by atoms with van der Waals surface area (Å²) in [6.45, 7) is 5.71. The van der Waals surface area contributed by atoms with Gasteiger partial charge in [-0.3, -0.25) is 0 Å². The Hall–Kier alpha value is 0.310. The van der Waals surface area contributed by atoms with Gasteiger partial charge in [-0.15, -0.1) is 0 Å². The van der Waals surface area contributed by atoms with Crippen LogP contribution < -0.4 is 0 Å². The molecule has 80 valence electrons. The molecule has 2 heteroatoms. The van der Waals surface area contributed by atoms with Crippen LogP contribution in [0.5, 0.6) is 0 Å². The molecule has 0 aromatic rings. The molecule has 0 bridgehead atoms. The van der Waals surface area contributed by atoms with Gasteiger partial charge in [0.2, 0.25) is 0 Å². The molecular formula is C11H25NS. The molecule has 0 radical (unpaired) electrons. The van der Waals surface area contributed by atoms with Crippen molar-refractivity contribution >= 4 is 12.6 Å². The summed E-state index contributed by atoms with van der Waals surface area (Å²) in [5.74, 6) is 1.02. The van der Waals surface area contributed by atoms with E-state index < -0.39 is 0 Å². The molecule has 0 aromatic heterocycles. The fraction of sp³-hybridized carbons (Fsp3) is 1.00. The summed E-state index contributed by atoms with van der Waals surface area (Å²) in [5.41, 5.74) is 0.454. The first-order valence-electron chi connectivity index (χ1n) is 5.36. The Balaban J connectivity index is 4.24. The van der Waals surface area contributed by atoms with E-state index in [9.17, 15) is 0 Å². The lowest BCUT2D eigenvalue weighted by Gasteiger charge is -2.34. The first-order chi connectivity index (χ1) is 6.10. The van der Waals surface area contributed by atoms with Crippen molar-refractivity contribution in [2.24, 2.45) is 5.41 Å². The van der Waals surface area contributed by atoms with E-state index in [4.69, 9.17) is 0 Å². The summed E-state index contributed by atoms with van der Waals surface area (Å²) in [6, 6.07) is 0. The average Bonchev–Trinajstić information content (AvgIpc) is 2.04. The van der Waals surface area contributed by atoms with Crippen LogP contribution >= 0.6 is 12.6 Å². The maximum atomic E-state index is 4.52. The topological polar surface area (TPSA) is 3.24 Å². The van der Waals surface area contributed by atoms with Crippen LogP contribution in [0.1, 0.15) is 39.5 Å². The molecule has 0 unspecified atom stereocenters. The van der Waals surface area contributed by atoms with E-state index in [2.05, 4.69) is 45.5 Å². The summed E-state index contributed by atoms with van der Waals surface area (Å²) in [6.07, 6.45) is 5.16. The second-order valence-corrected chi connectivity index (χ2v) is 4.71. The molecule has 0 saturated heterocycles. The van der Waals surface area contributed by atoms with Gasteiger partial charge in [0.15, 0.2) is 0 Å². The number of thiol groups is 1. The fourth-order valence-electron chi connectivity index (χ4n) is 2.22. The Morgan fingerprint density at radius 3 is 1.77 bits per heavy atom. The quantitative estimate of drug-likeness (QED) is 0.622. The standard InChI is InChI=1S/C11H25NS/c1-5-7-11(10-13,8-6-2)9-12(3)4/h13H,5-10H2,1-4H3. The fourth-order valence-corrected chi connectivity index (χ4v) is 2.64. The zero-order valence-corrected chi connectivity index (χ0v) is 10.5. The molecule has 0 spiro atoms. The van der Waals surface area contributed by atoms with Crippen LogP contribution in [0.3, 0.4) is 0 Å². The molecule has 0 heterocycles. The van der Waals surface area contributed by atoms with Crippen LogP contribution in [-0.2, 0) is 0 Å². The van der Waals surface area contributed by atoms with Crippen molar-refractivity contribution in [3.8, 4) is 0 Å². The van der Waals surface area contributed by atoms with Gasteiger partial charge in [-0.25, -0.2) is 0 Å². The van der Waals surface area contributed by atoms with Crippen molar-refractivity contribution in [2.75, 3.05) is 26.4 Å². The molecule has 0 rings (SSSR count). The number of hydrogen-bond acceptors (Lipinski definition) is 2. The summed E-state index contributed by atoms with van der Waals surface area (Å²) >= 11 is 4.52. The largest absolute Gasteiger partial charge is 0.309 e. The van der Waals surface area contributed by atoms with Crippen LogP contribution in [0, 0.1) is 5.41 Å². The third kappa shape index (κ3) is 4.92. The zero-order chi connectivity index (χ0) is 10.3. The maximum Gasteiger partial charge on any atom is 0.00397 e. The van der Waals surface area contributed by atoms with Gasteiger partial charge in [0, 0.05) is 6.54 Å². The minimum absolute atomic E-state index is 0.454. The van der Waals surface area contributed by atoms with Gasteiger partial charge in [0.25, 0.3) is 0 Å². The van der Waals surface area contributed by atoms with Crippen LogP contribution in [0.4, 0.5) is 0 Å². The third-order valence-corrected chi connectivity index (χ3v) is 3.22. The highest BCUT2D eigenvalue weighted by molar-refractivity contribution is 7.80. The number of rotatable bonds is 7. The molecule has 0 aromatic carbocycles. The van der Waals surface area contributed by atoms with E-state index >= 15 is 0 Å². The molecule has 0 aliphatic rings. The summed E-state index contributed by atoms with van der Waals surface area (Å²) in [7, 11) is 4.31. The van der Waals surface area contributed by atoms with Gasteiger partial charge in [-0.1, -0.05) is 26.7 Å². The predicted octanol–water partition coefficient (Wildman–Crippen LogP) is 3.06. The Labute approximate surface area is 89.3 Å². The minimum Gasteiger partial charge on any atom is -0.309 e. The van der Waals surface area contributed by atoms with Crippen LogP contribution in [0.15, 0.2) is 0 Å². The molecule has 0 amide bonds. The van der Waals surface area contributed by atoms with Crippen molar-refractivity contribution < 1.29 is 0 Å². The molecule has 0 fully saturated rings. The molecule has 0 aliphatic heterocycles. The molecule has 13 heavy (non-hydrogen) atoms. The lowest BCUT2D eigenvalue weighted by atomic mass is 9.80. The van der Waals surface area contributed by atoms with E-state index in [0.717, 1.165) is 5.75 Å². The van der Waals surface area contributed by atoms with E-state index in [1.165, 1.54) is 32.2 Å². The van der Waals surface area contributed by atoms with Gasteiger partial charge in [-0.2, -0.15) is 12.6 Å². The van der Waals surface area contributed by atoms with Crippen molar-refractivity contribution in [3.63, 3.8) is 0 Å². The van der Waals surface area contributed by atoms with E-state index in [1.807, 2.05) is 0 Å². The maximum absolute atomic E-state index is 4.52. The Morgan fingerprint density at radius 1 is 1.08 bits per heavy atom. The zero-order valence-electron chi connectivity index (χ0n) is 9.64. The van der Waals surface area contributed by atoms with Crippen LogP contribution in [-0.4, -0.2) is 31.3 Å². The molecule has 0 saturated carbocycles. The Kier molecular flexibility index (Phi) is 6.88. The Morgan fingerprint density at radius 2 is 1.54 bits per heavy atom. The van der Waals surface area contributed by atoms with Crippen molar-refractivity contribution in [2.45, 2.75) is 39.5 Å². The number of nitrogens with zero attached hydrogens (tertiary/aromatic N) is 1. The molecule has 0 N–H and O–H groups in total. The lowest BCUT2D eigenvalue weighted by Crippen LogP contribution is -2.35. The monoisotopic (exact) mass is 203 g/mol. The van der Waals surface area contributed by atoms with E-state index in [1.54, 1.807) is 0 Å². The van der Waals surface area contributed by atoms with Crippen molar-refractivity contribution in [3.05, 3.63) is 0 Å². The van der Waals surface area contributed by atoms with Gasteiger partial charge < -0.3 is 4.90 Å². The normalized spacial score (nSPS) is 12.5. The van der Waals surface area contributed by atoms with Crippen LogP contribution in [0.2, 0.25) is 0 Å². The third-order valence-electron chi connectivity index (χ3n) is 2.55. The van der Waals surface area contributed by atoms with Crippen LogP contribution in [0.25, 0.3) is 0 Å². The summed E-state index contributed by atoms with van der Waals surface area (Å²) < 4.78 is 0. The second kappa shape index (κ2) is 6.72. The first-order valence-corrected chi connectivity index (χ1v) is 5.99. The highest BCUT2D eigenvalue weighted by Gasteiger charge is 2.27. The molecule has 0 aliphatic carbocycles. The number of hydrogen-bond donors (Lipinski definition) is 1. The smallest absolute Gasteiger partial charge is 0.00397 e. The van der Waals surface area contributed by atoms with Gasteiger partial charge >= 0.3 is 0 Å². The van der Waals surface area contributed by atoms with Crippen molar-refractivity contribution in [1.29, 1.82) is 0 Å². The Bertz CT molecular complexity index is 117. The van der Waals surface area contributed by atoms with Gasteiger partial charge in [0.1, 0.15) is 0 Å². The second-order valence-electron chi connectivity index (χ2n) is 4.40. The first kappa shape index (κ1) is 13.3. The average molecular weight is 203 g/mol. The van der Waals surface area contributed by atoms with Gasteiger partial charge in [-0.05, 0) is 38.1 Å². The SMILES string of the molecule is CCCC(CS)(CCC)CN(C)C. The van der Waals surface area contributed by atoms with Crippen molar-refractivity contribution in [1.82, 2.24) is 4.90 Å².